The summed E-state index contributed by atoms with van der Waals surface area (Å²) in [5.41, 5.74) is -1.79. The molecule has 2 N–H and O–H groups in total. The van der Waals surface area contributed by atoms with Crippen LogP contribution in [0.2, 0.25) is 5.02 Å². The number of nitriles is 1. The Kier molecular flexibility index (Phi) is 8.16. The lowest BCUT2D eigenvalue weighted by Gasteiger charge is -2.39. The molecule has 3 aliphatic rings. The molecule has 2 aromatic carbocycles. The third-order valence-corrected chi connectivity index (χ3v) is 9.12. The first-order valence-electron chi connectivity index (χ1n) is 14.6. The highest BCUT2D eigenvalue weighted by Crippen LogP contribution is 2.49. The first kappa shape index (κ1) is 30.2. The lowest BCUT2D eigenvalue weighted by molar-refractivity contribution is -0.137. The average Bonchev–Trinajstić information content (AvgIpc) is 3.86. The molecular formula is C33H32ClFN4O5. The first-order chi connectivity index (χ1) is 21.1. The van der Waals surface area contributed by atoms with Crippen LogP contribution in [0.5, 0.6) is 0 Å². The van der Waals surface area contributed by atoms with Crippen LogP contribution in [0.15, 0.2) is 54.7 Å². The van der Waals surface area contributed by atoms with Crippen molar-refractivity contribution >= 4 is 23.4 Å². The molecule has 2 fully saturated rings. The maximum Gasteiger partial charge on any atom is 0.257 e. The van der Waals surface area contributed by atoms with Gasteiger partial charge in [0.1, 0.15) is 18.6 Å². The van der Waals surface area contributed by atoms with Gasteiger partial charge in [-0.2, -0.15) is 5.26 Å². The molecule has 2 atom stereocenters. The molecule has 0 radical (unpaired) electrons. The molecule has 0 spiro atoms. The predicted octanol–water partition coefficient (Wildman–Crippen LogP) is 4.74. The molecule has 2 amide bonds. The lowest BCUT2D eigenvalue weighted by Crippen LogP contribution is -2.49. The summed E-state index contributed by atoms with van der Waals surface area (Å²) < 4.78 is 28.6. The van der Waals surface area contributed by atoms with Crippen molar-refractivity contribution in [1.82, 2.24) is 15.2 Å². The van der Waals surface area contributed by atoms with Gasteiger partial charge in [0.05, 0.1) is 34.5 Å². The Labute approximate surface area is 259 Å². The Hall–Kier alpha value is -3.88. The van der Waals surface area contributed by atoms with Crippen LogP contribution < -0.4 is 5.32 Å². The van der Waals surface area contributed by atoms with E-state index in [2.05, 4.69) is 10.3 Å². The monoisotopic (exact) mass is 618 g/mol. The van der Waals surface area contributed by atoms with Gasteiger partial charge < -0.3 is 19.9 Å². The maximum absolute atomic E-state index is 16.7. The van der Waals surface area contributed by atoms with Crippen LogP contribution in [0.3, 0.4) is 0 Å². The summed E-state index contributed by atoms with van der Waals surface area (Å²) in [6, 6.07) is 14.6. The molecule has 228 valence electrons. The molecule has 1 aliphatic carbocycles. The van der Waals surface area contributed by atoms with E-state index >= 15 is 4.39 Å². The number of nitrogens with one attached hydrogen (secondary N) is 1. The highest BCUT2D eigenvalue weighted by Gasteiger charge is 2.55. The van der Waals surface area contributed by atoms with E-state index in [4.69, 9.17) is 21.1 Å². The molecule has 1 saturated heterocycles. The maximum atomic E-state index is 16.7. The number of carbonyl (C=O) groups is 2. The summed E-state index contributed by atoms with van der Waals surface area (Å²) in [4.78, 5) is 32.7. The van der Waals surface area contributed by atoms with Gasteiger partial charge in [0, 0.05) is 35.9 Å². The van der Waals surface area contributed by atoms with Gasteiger partial charge in [0.2, 0.25) is 11.6 Å². The lowest BCUT2D eigenvalue weighted by atomic mass is 9.77. The second-order valence-corrected chi connectivity index (χ2v) is 12.1. The highest BCUT2D eigenvalue weighted by atomic mass is 35.5. The molecule has 3 heterocycles. The Balaban J connectivity index is 1.49. The summed E-state index contributed by atoms with van der Waals surface area (Å²) in [5.74, 6) is -1.74. The minimum absolute atomic E-state index is 0.0319. The zero-order valence-electron chi connectivity index (χ0n) is 24.2. The fourth-order valence-electron chi connectivity index (χ4n) is 6.17. The largest absolute Gasteiger partial charge is 0.385 e. The number of benzene rings is 2. The van der Waals surface area contributed by atoms with E-state index in [9.17, 15) is 20.0 Å². The summed E-state index contributed by atoms with van der Waals surface area (Å²) in [7, 11) is 0. The van der Waals surface area contributed by atoms with E-state index in [1.807, 2.05) is 6.07 Å². The van der Waals surface area contributed by atoms with Crippen molar-refractivity contribution in [2.24, 2.45) is 11.8 Å². The summed E-state index contributed by atoms with van der Waals surface area (Å²) in [6.07, 6.45) is 4.16. The van der Waals surface area contributed by atoms with Gasteiger partial charge in [-0.15, -0.1) is 0 Å². The smallest absolute Gasteiger partial charge is 0.257 e. The van der Waals surface area contributed by atoms with E-state index in [0.717, 1.165) is 12.8 Å². The number of aromatic nitrogens is 1. The van der Waals surface area contributed by atoms with Gasteiger partial charge in [-0.05, 0) is 80.5 Å². The zero-order valence-corrected chi connectivity index (χ0v) is 24.9. The predicted molar refractivity (Wildman–Crippen MR) is 157 cm³/mol. The number of halogens is 2. The second kappa shape index (κ2) is 11.9. The van der Waals surface area contributed by atoms with Crippen LogP contribution in [0.1, 0.15) is 70.9 Å². The molecule has 9 nitrogen and oxygen atoms in total. The van der Waals surface area contributed by atoms with Crippen LogP contribution in [-0.2, 0) is 32.1 Å². The molecule has 2 aliphatic heterocycles. The van der Waals surface area contributed by atoms with Crippen LogP contribution in [0.25, 0.3) is 0 Å². The number of nitrogens with zero attached hydrogens (tertiary/aromatic N) is 3. The van der Waals surface area contributed by atoms with Gasteiger partial charge in [0.25, 0.3) is 5.91 Å². The van der Waals surface area contributed by atoms with Crippen molar-refractivity contribution in [1.29, 1.82) is 5.26 Å². The molecule has 3 aromatic rings. The quantitative estimate of drug-likeness (QED) is 0.332. The van der Waals surface area contributed by atoms with Crippen LogP contribution in [0, 0.1) is 29.0 Å². The normalized spacial score (nSPS) is 21.4. The number of rotatable bonds is 9. The first-order valence-corrected chi connectivity index (χ1v) is 15.0. The molecule has 1 saturated carbocycles. The van der Waals surface area contributed by atoms with E-state index < -0.39 is 23.1 Å². The molecule has 1 aromatic heterocycles. The van der Waals surface area contributed by atoms with E-state index in [1.54, 1.807) is 49.4 Å². The number of hydrogen-bond acceptors (Lipinski definition) is 7. The number of pyridine rings is 1. The number of ether oxygens (including phenoxy) is 2. The number of carbonyl (C=O) groups excluding carboxylic acids is 2. The van der Waals surface area contributed by atoms with Crippen molar-refractivity contribution in [3.63, 3.8) is 0 Å². The topological polar surface area (TPSA) is 125 Å². The third-order valence-electron chi connectivity index (χ3n) is 8.87. The van der Waals surface area contributed by atoms with Crippen molar-refractivity contribution in [3.05, 3.63) is 99.1 Å². The van der Waals surface area contributed by atoms with E-state index in [-0.39, 0.29) is 47.7 Å². The Bertz CT molecular complexity index is 1610. The molecule has 0 bridgehead atoms. The zero-order chi connectivity index (χ0) is 31.1. The van der Waals surface area contributed by atoms with Gasteiger partial charge in [0.15, 0.2) is 0 Å². The van der Waals surface area contributed by atoms with Gasteiger partial charge in [-0.25, -0.2) is 4.39 Å². The van der Waals surface area contributed by atoms with Crippen molar-refractivity contribution in [2.75, 3.05) is 19.9 Å². The summed E-state index contributed by atoms with van der Waals surface area (Å²) >= 11 is 6.23. The average molecular weight is 619 g/mol. The SMILES string of the molecule is CC(O)(c1cc(F)c2c(c1)C(=O)N(Cc1ccc(C#N)cn1)[C@@]2(OCNC(=O)C1CC1)c1ccc(Cl)cc1)C1CCOCC1. The molecule has 44 heavy (non-hydrogen) atoms. The minimum atomic E-state index is -1.82. The molecule has 6 rings (SSSR count). The van der Waals surface area contributed by atoms with Crippen molar-refractivity contribution < 1.29 is 28.6 Å². The third kappa shape index (κ3) is 5.46. The Morgan fingerprint density at radius 3 is 2.59 bits per heavy atom. The van der Waals surface area contributed by atoms with Crippen LogP contribution in [-0.4, -0.2) is 46.7 Å². The number of fused-ring (bicyclic) bond motifs is 1. The minimum Gasteiger partial charge on any atom is -0.385 e. The number of amides is 2. The fraction of sp³-hybridized carbons (Fsp3) is 0.394. The molecule has 11 heteroatoms. The Morgan fingerprint density at radius 1 is 1.23 bits per heavy atom. The second-order valence-electron chi connectivity index (χ2n) is 11.7. The van der Waals surface area contributed by atoms with Crippen LogP contribution >= 0.6 is 11.6 Å². The van der Waals surface area contributed by atoms with Gasteiger partial charge in [-0.1, -0.05) is 23.7 Å². The van der Waals surface area contributed by atoms with Gasteiger partial charge in [-0.3, -0.25) is 19.5 Å². The van der Waals surface area contributed by atoms with Crippen molar-refractivity contribution in [2.45, 2.75) is 50.5 Å². The number of aliphatic hydroxyl groups is 1. The number of hydrogen-bond donors (Lipinski definition) is 2. The van der Waals surface area contributed by atoms with Crippen molar-refractivity contribution in [3.8, 4) is 6.07 Å². The molecule has 1 unspecified atom stereocenters. The standard InChI is InChI=1S/C33H32ClFN4O5/c1-32(42,22-10-12-43-13-11-22)24-14-27-29(28(35)15-24)33(23-5-7-25(34)8-6-23,44-19-38-30(40)21-3-4-21)39(31(27)41)18-26-9-2-20(16-36)17-37-26/h2,5-9,14-15,17,21-22,42H,3-4,10-13,18-19H2,1H3,(H,38,40)/t32?,33-/m1/s1. The Morgan fingerprint density at radius 2 is 1.95 bits per heavy atom. The fourth-order valence-corrected chi connectivity index (χ4v) is 6.30. The highest BCUT2D eigenvalue weighted by molar-refractivity contribution is 6.30. The summed E-state index contributed by atoms with van der Waals surface area (Å²) in [5, 5.41) is 24.1. The van der Waals surface area contributed by atoms with E-state index in [0.29, 0.717) is 47.9 Å². The molecular weight excluding hydrogens is 587 g/mol. The van der Waals surface area contributed by atoms with E-state index in [1.165, 1.54) is 17.2 Å². The van der Waals surface area contributed by atoms with Gasteiger partial charge >= 0.3 is 0 Å². The van der Waals surface area contributed by atoms with Crippen LogP contribution in [0.4, 0.5) is 4.39 Å². The summed E-state index contributed by atoms with van der Waals surface area (Å²) in [6.45, 7) is 2.20.